The maximum atomic E-state index is 13.9. The fourth-order valence-corrected chi connectivity index (χ4v) is 5.84. The SMILES string of the molecule is CC(=O)N1C[C@H]2CC(c3ccc(CCCOc4c(F)ccc(F)c4F)cc3)=C(C(=O)N(C)CCc3ccccc3)[C@@H](C1)N2. The van der Waals surface area contributed by atoms with Crippen LogP contribution in [-0.2, 0) is 22.4 Å². The smallest absolute Gasteiger partial charge is 0.251 e. The molecule has 2 heterocycles. The molecule has 2 bridgehead atoms. The summed E-state index contributed by atoms with van der Waals surface area (Å²) in [6.45, 7) is 3.18. The fourth-order valence-electron chi connectivity index (χ4n) is 5.84. The molecule has 9 heteroatoms. The second kappa shape index (κ2) is 13.5. The number of likely N-dealkylation sites (N-methyl/N-ethyl adjacent to an activating group) is 1. The minimum Gasteiger partial charge on any atom is -0.488 e. The average Bonchev–Trinajstić information content (AvgIpc) is 3.01. The van der Waals surface area contributed by atoms with Crippen LogP contribution in [-0.4, -0.2) is 67.0 Å². The van der Waals surface area contributed by atoms with Gasteiger partial charge in [0.05, 0.1) is 12.6 Å². The standard InChI is InChI=1S/C34H36F3N3O3/c1-22(41)40-20-26-19-27(31(30(21-40)38-26)34(42)39(2)17-16-23-7-4-3-5-8-23)25-12-10-24(11-13-25)9-6-18-43-33-29(36)15-14-28(35)32(33)37/h3-5,7-8,10-15,26,30,38H,6,9,16-21H2,1-2H3/t26-,30-/m1/s1. The lowest BCUT2D eigenvalue weighted by atomic mass is 9.82. The van der Waals surface area contributed by atoms with Crippen molar-refractivity contribution >= 4 is 17.4 Å². The molecular formula is C34H36F3N3O3. The highest BCUT2D eigenvalue weighted by Crippen LogP contribution is 2.34. The number of piperazine rings is 1. The van der Waals surface area contributed by atoms with E-state index in [9.17, 15) is 22.8 Å². The topological polar surface area (TPSA) is 61.9 Å². The second-order valence-corrected chi connectivity index (χ2v) is 11.2. The van der Waals surface area contributed by atoms with Gasteiger partial charge in [-0.15, -0.1) is 0 Å². The number of nitrogens with zero attached hydrogens (tertiary/aromatic N) is 2. The molecule has 1 N–H and O–H groups in total. The third-order valence-corrected chi connectivity index (χ3v) is 8.17. The molecule has 6 nitrogen and oxygen atoms in total. The third-order valence-electron chi connectivity index (χ3n) is 8.17. The van der Waals surface area contributed by atoms with Crippen molar-refractivity contribution in [1.82, 2.24) is 15.1 Å². The van der Waals surface area contributed by atoms with Crippen LogP contribution >= 0.6 is 0 Å². The van der Waals surface area contributed by atoms with Crippen molar-refractivity contribution in [2.75, 3.05) is 33.3 Å². The van der Waals surface area contributed by atoms with E-state index in [0.29, 0.717) is 44.5 Å². The molecule has 226 valence electrons. The molecule has 2 aliphatic heterocycles. The predicted molar refractivity (Wildman–Crippen MR) is 159 cm³/mol. The maximum absolute atomic E-state index is 13.9. The Labute approximate surface area is 250 Å². The lowest BCUT2D eigenvalue weighted by Gasteiger charge is -2.44. The Bertz CT molecular complexity index is 1490. The number of fused-ring (bicyclic) bond motifs is 2. The van der Waals surface area contributed by atoms with Crippen LogP contribution in [0.2, 0.25) is 0 Å². The van der Waals surface area contributed by atoms with Gasteiger partial charge < -0.3 is 19.9 Å². The van der Waals surface area contributed by atoms with E-state index in [2.05, 4.69) is 5.32 Å². The third kappa shape index (κ3) is 7.10. The van der Waals surface area contributed by atoms with Crippen LogP contribution in [0.3, 0.4) is 0 Å². The molecule has 3 aromatic rings. The van der Waals surface area contributed by atoms with Gasteiger partial charge in [-0.2, -0.15) is 4.39 Å². The first-order valence-electron chi connectivity index (χ1n) is 14.6. The Morgan fingerprint density at radius 2 is 1.63 bits per heavy atom. The molecule has 0 saturated carbocycles. The number of hydrogen-bond donors (Lipinski definition) is 1. The lowest BCUT2D eigenvalue weighted by Crippen LogP contribution is -2.61. The molecule has 2 atom stereocenters. The van der Waals surface area contributed by atoms with E-state index in [4.69, 9.17) is 4.74 Å². The first kappa shape index (κ1) is 30.4. The number of amides is 2. The zero-order chi connectivity index (χ0) is 30.5. The number of rotatable bonds is 10. The Morgan fingerprint density at radius 1 is 0.930 bits per heavy atom. The van der Waals surface area contributed by atoms with Crippen LogP contribution < -0.4 is 10.1 Å². The molecule has 5 rings (SSSR count). The summed E-state index contributed by atoms with van der Waals surface area (Å²) in [5.41, 5.74) is 4.79. The first-order valence-corrected chi connectivity index (χ1v) is 14.6. The van der Waals surface area contributed by atoms with Crippen LogP contribution in [0.1, 0.15) is 36.5 Å². The lowest BCUT2D eigenvalue weighted by molar-refractivity contribution is -0.132. The number of halogens is 3. The fraction of sp³-hybridized carbons (Fsp3) is 0.353. The van der Waals surface area contributed by atoms with Gasteiger partial charge in [-0.1, -0.05) is 54.6 Å². The van der Waals surface area contributed by atoms with Crippen LogP contribution in [0.5, 0.6) is 5.75 Å². The maximum Gasteiger partial charge on any atom is 0.251 e. The number of aryl methyl sites for hydroxylation is 1. The van der Waals surface area contributed by atoms with Gasteiger partial charge in [-0.25, -0.2) is 8.78 Å². The number of carbonyl (C=O) groups excluding carboxylic acids is 2. The van der Waals surface area contributed by atoms with E-state index in [1.165, 1.54) is 0 Å². The van der Waals surface area contributed by atoms with Crippen molar-refractivity contribution < 1.29 is 27.5 Å². The summed E-state index contributed by atoms with van der Waals surface area (Å²) >= 11 is 0. The molecule has 1 saturated heterocycles. The minimum absolute atomic E-state index is 0.000361. The molecule has 0 unspecified atom stereocenters. The van der Waals surface area contributed by atoms with Gasteiger partial charge in [0.2, 0.25) is 11.7 Å². The summed E-state index contributed by atoms with van der Waals surface area (Å²) in [5, 5.41) is 3.58. The molecule has 2 aliphatic rings. The first-order chi connectivity index (χ1) is 20.7. The van der Waals surface area contributed by atoms with Crippen molar-refractivity contribution in [3.05, 3.63) is 106 Å². The second-order valence-electron chi connectivity index (χ2n) is 11.2. The number of carbonyl (C=O) groups is 2. The number of hydrogen-bond acceptors (Lipinski definition) is 4. The van der Waals surface area contributed by atoms with Gasteiger partial charge in [-0.3, -0.25) is 9.59 Å². The molecule has 0 spiro atoms. The van der Waals surface area contributed by atoms with Crippen molar-refractivity contribution in [3.8, 4) is 5.75 Å². The minimum atomic E-state index is -1.33. The van der Waals surface area contributed by atoms with Crippen LogP contribution in [0.15, 0.2) is 72.3 Å². The quantitative estimate of drug-likeness (QED) is 0.261. The van der Waals surface area contributed by atoms with E-state index in [0.717, 1.165) is 40.8 Å². The Hall–Kier alpha value is -4.11. The van der Waals surface area contributed by atoms with Gasteiger partial charge in [0, 0.05) is 45.2 Å². The van der Waals surface area contributed by atoms with Gasteiger partial charge >= 0.3 is 0 Å². The normalized spacial score (nSPS) is 18.0. The highest BCUT2D eigenvalue weighted by molar-refractivity contribution is 6.03. The molecule has 3 aromatic carbocycles. The van der Waals surface area contributed by atoms with Crippen molar-refractivity contribution in [2.24, 2.45) is 0 Å². The molecular weight excluding hydrogens is 555 g/mol. The zero-order valence-electron chi connectivity index (χ0n) is 24.4. The summed E-state index contributed by atoms with van der Waals surface area (Å²) in [5.74, 6) is -4.17. The van der Waals surface area contributed by atoms with Crippen molar-refractivity contribution in [1.29, 1.82) is 0 Å². The number of ether oxygens (including phenoxy) is 1. The highest BCUT2D eigenvalue weighted by atomic mass is 19.2. The van der Waals surface area contributed by atoms with E-state index in [1.54, 1.807) is 11.8 Å². The zero-order valence-corrected chi connectivity index (χ0v) is 24.4. The average molecular weight is 592 g/mol. The highest BCUT2D eigenvalue weighted by Gasteiger charge is 2.39. The summed E-state index contributed by atoms with van der Waals surface area (Å²) in [6, 6.07) is 19.3. The monoisotopic (exact) mass is 591 g/mol. The molecule has 1 fully saturated rings. The summed E-state index contributed by atoms with van der Waals surface area (Å²) < 4.78 is 46.3. The summed E-state index contributed by atoms with van der Waals surface area (Å²) in [7, 11) is 1.82. The summed E-state index contributed by atoms with van der Waals surface area (Å²) in [6.07, 6.45) is 2.42. The van der Waals surface area contributed by atoms with Crippen molar-refractivity contribution in [3.63, 3.8) is 0 Å². The van der Waals surface area contributed by atoms with Gasteiger partial charge in [0.15, 0.2) is 17.4 Å². The van der Waals surface area contributed by atoms with Gasteiger partial charge in [0.25, 0.3) is 5.91 Å². The Balaban J connectivity index is 1.30. The van der Waals surface area contributed by atoms with Gasteiger partial charge in [0.1, 0.15) is 0 Å². The van der Waals surface area contributed by atoms with Crippen LogP contribution in [0.4, 0.5) is 13.2 Å². The van der Waals surface area contributed by atoms with E-state index >= 15 is 0 Å². The number of nitrogens with one attached hydrogen (secondary N) is 1. The van der Waals surface area contributed by atoms with Crippen LogP contribution in [0, 0.1) is 17.5 Å². The molecule has 0 radical (unpaired) electrons. The molecule has 0 aliphatic carbocycles. The predicted octanol–water partition coefficient (Wildman–Crippen LogP) is 5.16. The largest absolute Gasteiger partial charge is 0.488 e. The molecule has 0 aromatic heterocycles. The van der Waals surface area contributed by atoms with E-state index in [1.807, 2.05) is 66.5 Å². The Morgan fingerprint density at radius 3 is 2.35 bits per heavy atom. The van der Waals surface area contributed by atoms with Crippen LogP contribution in [0.25, 0.3) is 5.57 Å². The molecule has 2 amide bonds. The van der Waals surface area contributed by atoms with E-state index in [-0.39, 0.29) is 30.5 Å². The summed E-state index contributed by atoms with van der Waals surface area (Å²) in [4.78, 5) is 29.8. The molecule has 43 heavy (non-hydrogen) atoms. The van der Waals surface area contributed by atoms with Gasteiger partial charge in [-0.05, 0) is 60.1 Å². The number of benzene rings is 3. The van der Waals surface area contributed by atoms with E-state index < -0.39 is 23.2 Å². The van der Waals surface area contributed by atoms with Crippen molar-refractivity contribution in [2.45, 2.75) is 44.7 Å². The Kier molecular flexibility index (Phi) is 9.50.